The zero-order valence-corrected chi connectivity index (χ0v) is 11.9. The summed E-state index contributed by atoms with van der Waals surface area (Å²) in [5, 5.41) is 10.3. The molecule has 0 spiro atoms. The highest BCUT2D eigenvalue weighted by Crippen LogP contribution is 2.34. The van der Waals surface area contributed by atoms with Gasteiger partial charge in [-0.1, -0.05) is 15.9 Å². The van der Waals surface area contributed by atoms with Crippen LogP contribution in [-0.2, 0) is 0 Å². The molecule has 0 fully saturated rings. The van der Waals surface area contributed by atoms with E-state index in [4.69, 9.17) is 0 Å². The van der Waals surface area contributed by atoms with Gasteiger partial charge in [-0.2, -0.15) is 0 Å². The summed E-state index contributed by atoms with van der Waals surface area (Å²) < 4.78 is 13.9. The molecule has 1 aromatic heterocycles. The van der Waals surface area contributed by atoms with Gasteiger partial charge in [0.2, 0.25) is 0 Å². The Labute approximate surface area is 112 Å². The number of benzene rings is 1. The van der Waals surface area contributed by atoms with E-state index in [-0.39, 0.29) is 5.82 Å². The monoisotopic (exact) mass is 314 g/mol. The fraction of sp³-hybridized carbons (Fsp3) is 0.231. The first kappa shape index (κ1) is 12.7. The molecule has 1 atom stereocenters. The van der Waals surface area contributed by atoms with Gasteiger partial charge in [-0.05, 0) is 43.7 Å². The highest BCUT2D eigenvalue weighted by molar-refractivity contribution is 9.10. The number of aryl methyl sites for hydroxylation is 2. The van der Waals surface area contributed by atoms with E-state index in [0.29, 0.717) is 5.56 Å². The molecule has 17 heavy (non-hydrogen) atoms. The summed E-state index contributed by atoms with van der Waals surface area (Å²) in [6.45, 7) is 3.96. The number of halogens is 2. The van der Waals surface area contributed by atoms with Gasteiger partial charge in [-0.3, -0.25) is 0 Å². The first-order valence-electron chi connectivity index (χ1n) is 5.19. The number of hydrogen-bond donors (Lipinski definition) is 1. The van der Waals surface area contributed by atoms with Crippen LogP contribution >= 0.6 is 27.3 Å². The lowest BCUT2D eigenvalue weighted by Crippen LogP contribution is -2.01. The molecule has 4 heteroatoms. The van der Waals surface area contributed by atoms with E-state index in [0.717, 1.165) is 19.8 Å². The second kappa shape index (κ2) is 4.88. The minimum absolute atomic E-state index is 0.341. The first-order valence-corrected chi connectivity index (χ1v) is 6.80. The molecular formula is C13H12BrFOS. The highest BCUT2D eigenvalue weighted by atomic mass is 79.9. The maximum absolute atomic E-state index is 13.2. The predicted molar refractivity (Wildman–Crippen MR) is 72.0 cm³/mol. The standard InChI is InChI=1S/C13H12BrFOS/c1-7-5-10(8(2)17-7)13(16)11-6-9(15)3-4-12(11)14/h3-6,13,16H,1-2H3. The number of aliphatic hydroxyl groups is 1. The SMILES string of the molecule is Cc1cc(C(O)c2cc(F)ccc2Br)c(C)s1. The lowest BCUT2D eigenvalue weighted by atomic mass is 10.0. The molecule has 1 nitrogen and oxygen atoms in total. The van der Waals surface area contributed by atoms with Gasteiger partial charge in [0, 0.05) is 19.8 Å². The average molecular weight is 315 g/mol. The molecule has 0 aliphatic carbocycles. The third-order valence-electron chi connectivity index (χ3n) is 2.63. The van der Waals surface area contributed by atoms with Crippen molar-refractivity contribution in [2.24, 2.45) is 0 Å². The van der Waals surface area contributed by atoms with Crippen molar-refractivity contribution in [1.29, 1.82) is 0 Å². The Bertz CT molecular complexity index is 550. The molecule has 2 aromatic rings. The summed E-state index contributed by atoms with van der Waals surface area (Å²) in [5.74, 6) is -0.341. The van der Waals surface area contributed by atoms with E-state index < -0.39 is 6.10 Å². The van der Waals surface area contributed by atoms with Gasteiger partial charge in [0.25, 0.3) is 0 Å². The second-order valence-corrected chi connectivity index (χ2v) is 6.25. The molecule has 0 saturated carbocycles. The molecule has 2 rings (SSSR count). The summed E-state index contributed by atoms with van der Waals surface area (Å²) in [6.07, 6.45) is -0.787. The third kappa shape index (κ3) is 2.59. The van der Waals surface area contributed by atoms with Crippen LogP contribution in [0.2, 0.25) is 0 Å². The zero-order valence-electron chi connectivity index (χ0n) is 9.50. The van der Waals surface area contributed by atoms with Crippen LogP contribution in [0.25, 0.3) is 0 Å². The number of aliphatic hydroxyl groups excluding tert-OH is 1. The van der Waals surface area contributed by atoms with Crippen molar-refractivity contribution in [2.75, 3.05) is 0 Å². The first-order chi connectivity index (χ1) is 7.99. The Kier molecular flexibility index (Phi) is 3.66. The van der Waals surface area contributed by atoms with Crippen molar-refractivity contribution in [2.45, 2.75) is 20.0 Å². The minimum atomic E-state index is -0.787. The van der Waals surface area contributed by atoms with Gasteiger partial charge in [0.15, 0.2) is 0 Å². The van der Waals surface area contributed by atoms with E-state index >= 15 is 0 Å². The molecule has 0 aliphatic heterocycles. The molecule has 1 unspecified atom stereocenters. The van der Waals surface area contributed by atoms with Crippen LogP contribution in [0, 0.1) is 19.7 Å². The van der Waals surface area contributed by atoms with E-state index in [1.165, 1.54) is 12.1 Å². The van der Waals surface area contributed by atoms with Crippen molar-refractivity contribution in [3.05, 3.63) is 55.4 Å². The molecule has 1 aromatic carbocycles. The van der Waals surface area contributed by atoms with Crippen LogP contribution in [0.1, 0.15) is 27.0 Å². The summed E-state index contributed by atoms with van der Waals surface area (Å²) in [4.78, 5) is 2.20. The van der Waals surface area contributed by atoms with E-state index in [1.54, 1.807) is 17.4 Å². The lowest BCUT2D eigenvalue weighted by molar-refractivity contribution is 0.219. The van der Waals surface area contributed by atoms with E-state index in [2.05, 4.69) is 15.9 Å². The summed E-state index contributed by atoms with van der Waals surface area (Å²) >= 11 is 4.97. The van der Waals surface area contributed by atoms with E-state index in [9.17, 15) is 9.50 Å². The quantitative estimate of drug-likeness (QED) is 0.873. The maximum atomic E-state index is 13.2. The lowest BCUT2D eigenvalue weighted by Gasteiger charge is -2.13. The van der Waals surface area contributed by atoms with Crippen LogP contribution in [0.15, 0.2) is 28.7 Å². The summed E-state index contributed by atoms with van der Waals surface area (Å²) in [6, 6.07) is 6.29. The second-order valence-electron chi connectivity index (χ2n) is 3.94. The fourth-order valence-corrected chi connectivity index (χ4v) is 3.23. The average Bonchev–Trinajstić information content (AvgIpc) is 2.60. The molecule has 1 N–H and O–H groups in total. The number of hydrogen-bond acceptors (Lipinski definition) is 2. The Morgan fingerprint density at radius 2 is 1.94 bits per heavy atom. The Morgan fingerprint density at radius 3 is 2.53 bits per heavy atom. The number of thiophene rings is 1. The van der Waals surface area contributed by atoms with Gasteiger partial charge in [0.1, 0.15) is 11.9 Å². The zero-order chi connectivity index (χ0) is 12.6. The van der Waals surface area contributed by atoms with Crippen molar-refractivity contribution in [3.63, 3.8) is 0 Å². The third-order valence-corrected chi connectivity index (χ3v) is 4.33. The normalized spacial score (nSPS) is 12.8. The van der Waals surface area contributed by atoms with Crippen LogP contribution in [0.5, 0.6) is 0 Å². The minimum Gasteiger partial charge on any atom is -0.384 e. The molecule has 0 radical (unpaired) electrons. The van der Waals surface area contributed by atoms with Gasteiger partial charge in [0.05, 0.1) is 0 Å². The predicted octanol–water partition coefficient (Wildman–Crippen LogP) is 4.35. The Balaban J connectivity index is 2.46. The van der Waals surface area contributed by atoms with Crippen molar-refractivity contribution in [3.8, 4) is 0 Å². The Morgan fingerprint density at radius 1 is 1.24 bits per heavy atom. The molecular weight excluding hydrogens is 303 g/mol. The van der Waals surface area contributed by atoms with Crippen molar-refractivity contribution in [1.82, 2.24) is 0 Å². The molecule has 0 saturated heterocycles. The molecule has 0 amide bonds. The molecule has 1 heterocycles. The maximum Gasteiger partial charge on any atom is 0.123 e. The topological polar surface area (TPSA) is 20.2 Å². The van der Waals surface area contributed by atoms with Crippen molar-refractivity contribution < 1.29 is 9.50 Å². The fourth-order valence-electron chi connectivity index (χ4n) is 1.81. The molecule has 0 aliphatic rings. The van der Waals surface area contributed by atoms with Crippen LogP contribution in [0.3, 0.4) is 0 Å². The van der Waals surface area contributed by atoms with Crippen molar-refractivity contribution >= 4 is 27.3 Å². The molecule has 90 valence electrons. The largest absolute Gasteiger partial charge is 0.384 e. The van der Waals surface area contributed by atoms with Crippen LogP contribution in [0.4, 0.5) is 4.39 Å². The van der Waals surface area contributed by atoms with Gasteiger partial charge < -0.3 is 5.11 Å². The summed E-state index contributed by atoms with van der Waals surface area (Å²) in [5.41, 5.74) is 1.41. The number of rotatable bonds is 2. The van der Waals surface area contributed by atoms with Gasteiger partial charge in [-0.25, -0.2) is 4.39 Å². The highest BCUT2D eigenvalue weighted by Gasteiger charge is 2.18. The summed E-state index contributed by atoms with van der Waals surface area (Å²) in [7, 11) is 0. The van der Waals surface area contributed by atoms with Gasteiger partial charge in [-0.15, -0.1) is 11.3 Å². The smallest absolute Gasteiger partial charge is 0.123 e. The van der Waals surface area contributed by atoms with Crippen LogP contribution in [-0.4, -0.2) is 5.11 Å². The Hall–Kier alpha value is -0.710. The molecule has 0 bridgehead atoms. The van der Waals surface area contributed by atoms with Crippen LogP contribution < -0.4 is 0 Å². The van der Waals surface area contributed by atoms with E-state index in [1.807, 2.05) is 19.9 Å². The van der Waals surface area contributed by atoms with Gasteiger partial charge >= 0.3 is 0 Å².